The van der Waals surface area contributed by atoms with Gasteiger partial charge in [0.2, 0.25) is 5.91 Å². The largest absolute Gasteiger partial charge is 0.490 e. The molecule has 1 aliphatic heterocycles. The molecule has 2 atom stereocenters. The highest BCUT2D eigenvalue weighted by Crippen LogP contribution is 2.40. The van der Waals surface area contributed by atoms with Crippen molar-refractivity contribution in [2.75, 3.05) is 31.2 Å². The molecule has 14 heteroatoms. The molecule has 0 aliphatic carbocycles. The first-order chi connectivity index (χ1) is 25.1. The Morgan fingerprint density at radius 1 is 1.00 bits per heavy atom. The van der Waals surface area contributed by atoms with Crippen molar-refractivity contribution in [2.45, 2.75) is 62.9 Å². The van der Waals surface area contributed by atoms with Crippen LogP contribution >= 0.6 is 34.7 Å². The van der Waals surface area contributed by atoms with Gasteiger partial charge in [-0.1, -0.05) is 61.5 Å². The minimum Gasteiger partial charge on any atom is -0.490 e. The molecule has 5 rings (SSSR count). The molecule has 1 fully saturated rings. The number of nitrogens with one attached hydrogen (secondary N) is 1. The fourth-order valence-electron chi connectivity index (χ4n) is 5.66. The number of halogens is 1. The number of nitrogens with two attached hydrogens (primary N) is 1. The number of aromatic nitrogens is 2. The topological polar surface area (TPSA) is 167 Å². The highest BCUT2D eigenvalue weighted by molar-refractivity contribution is 7.98. The van der Waals surface area contributed by atoms with Crippen LogP contribution in [0, 0.1) is 28.6 Å². The lowest BCUT2D eigenvalue weighted by Gasteiger charge is -2.22. The molecular weight excluding hydrogens is 718 g/mol. The van der Waals surface area contributed by atoms with Gasteiger partial charge in [0.15, 0.2) is 0 Å². The van der Waals surface area contributed by atoms with Gasteiger partial charge in [0.05, 0.1) is 17.3 Å². The minimum absolute atomic E-state index is 0.0231. The number of anilines is 1. The van der Waals surface area contributed by atoms with E-state index in [-0.39, 0.29) is 19.1 Å². The molecule has 2 aromatic heterocycles. The third-order valence-electron chi connectivity index (χ3n) is 8.23. The normalized spacial score (nSPS) is 13.7. The van der Waals surface area contributed by atoms with Crippen molar-refractivity contribution in [1.29, 1.82) is 10.5 Å². The standard InChI is InChI=1S/C38H40ClN7O4S2/c1-23(2)18-32(44-35(47)24(3)42)38(48)50-17-16-49-29-12-8-25(9-13-29)33-30(19-40)34(46-14-4-5-15-46)45-37(31(33)20-41)52-22-28-21-51-36(43-28)26-6-10-27(39)11-7-26/h6-13,21,23-24,32H,4-5,14-18,22,42H2,1-3H3,(H,44,47). The number of rotatable bonds is 15. The van der Waals surface area contributed by atoms with E-state index >= 15 is 0 Å². The van der Waals surface area contributed by atoms with Gasteiger partial charge in [0.25, 0.3) is 0 Å². The number of thiazole rings is 1. The van der Waals surface area contributed by atoms with Gasteiger partial charge < -0.3 is 25.4 Å². The van der Waals surface area contributed by atoms with Crippen molar-refractivity contribution in [3.05, 3.63) is 75.8 Å². The van der Waals surface area contributed by atoms with Crippen molar-refractivity contribution in [3.8, 4) is 39.6 Å². The lowest BCUT2D eigenvalue weighted by Crippen LogP contribution is -2.48. The predicted octanol–water partition coefficient (Wildman–Crippen LogP) is 6.96. The predicted molar refractivity (Wildman–Crippen MR) is 204 cm³/mol. The van der Waals surface area contributed by atoms with Gasteiger partial charge in [0.1, 0.15) is 58.6 Å². The molecule has 4 aromatic rings. The smallest absolute Gasteiger partial charge is 0.328 e. The Morgan fingerprint density at radius 3 is 2.31 bits per heavy atom. The zero-order chi connectivity index (χ0) is 37.2. The molecule has 1 amide bonds. The van der Waals surface area contributed by atoms with Crippen LogP contribution in [0.3, 0.4) is 0 Å². The highest BCUT2D eigenvalue weighted by atomic mass is 35.5. The van der Waals surface area contributed by atoms with Crippen LogP contribution in [0.2, 0.25) is 5.02 Å². The van der Waals surface area contributed by atoms with Crippen LogP contribution in [0.1, 0.15) is 56.9 Å². The number of carbonyl (C=O) groups is 2. The number of esters is 1. The minimum atomic E-state index is -0.802. The van der Waals surface area contributed by atoms with E-state index < -0.39 is 24.0 Å². The molecule has 1 aliphatic rings. The van der Waals surface area contributed by atoms with E-state index in [1.165, 1.54) is 23.1 Å². The average Bonchev–Trinajstić information content (AvgIpc) is 3.85. The molecule has 3 heterocycles. The molecule has 1 saturated heterocycles. The van der Waals surface area contributed by atoms with Crippen LogP contribution in [0.4, 0.5) is 5.82 Å². The molecule has 3 N–H and O–H groups in total. The van der Waals surface area contributed by atoms with Gasteiger partial charge in [-0.2, -0.15) is 10.5 Å². The molecule has 2 unspecified atom stereocenters. The van der Waals surface area contributed by atoms with Crippen molar-refractivity contribution >= 4 is 52.4 Å². The molecule has 2 aromatic carbocycles. The summed E-state index contributed by atoms with van der Waals surface area (Å²) in [7, 11) is 0. The Morgan fingerprint density at radius 2 is 1.67 bits per heavy atom. The fourth-order valence-corrected chi connectivity index (χ4v) is 7.59. The summed E-state index contributed by atoms with van der Waals surface area (Å²) in [5.74, 6) is 0.763. The fraction of sp³-hybridized carbons (Fsp3) is 0.368. The highest BCUT2D eigenvalue weighted by Gasteiger charge is 2.27. The van der Waals surface area contributed by atoms with Crippen molar-refractivity contribution < 1.29 is 19.1 Å². The Hall–Kier alpha value is -4.66. The van der Waals surface area contributed by atoms with Gasteiger partial charge in [0, 0.05) is 40.4 Å². The second kappa shape index (κ2) is 18.2. The third kappa shape index (κ3) is 9.81. The first-order valence-corrected chi connectivity index (χ1v) is 19.2. The van der Waals surface area contributed by atoms with Gasteiger partial charge in [-0.3, -0.25) is 4.79 Å². The van der Waals surface area contributed by atoms with Gasteiger partial charge in [-0.25, -0.2) is 14.8 Å². The zero-order valence-electron chi connectivity index (χ0n) is 29.2. The van der Waals surface area contributed by atoms with Gasteiger partial charge >= 0.3 is 5.97 Å². The summed E-state index contributed by atoms with van der Waals surface area (Å²) in [6.07, 6.45) is 2.41. The third-order valence-corrected chi connectivity index (χ3v) is 10.4. The second-order valence-corrected chi connectivity index (χ2v) is 15.0. The van der Waals surface area contributed by atoms with Crippen molar-refractivity contribution in [3.63, 3.8) is 0 Å². The number of hydrogen-bond donors (Lipinski definition) is 2. The molecular formula is C38H40ClN7O4S2. The number of thioether (sulfide) groups is 1. The Balaban J connectivity index is 1.32. The monoisotopic (exact) mass is 757 g/mol. The lowest BCUT2D eigenvalue weighted by atomic mass is 9.96. The number of benzene rings is 2. The van der Waals surface area contributed by atoms with Crippen LogP contribution in [0.15, 0.2) is 58.9 Å². The molecule has 52 heavy (non-hydrogen) atoms. The first kappa shape index (κ1) is 38.6. The SMILES string of the molecule is CC(C)CC(NC(=O)C(C)N)C(=O)OCCOc1ccc(-c2c(C#N)c(SCc3csc(-c4ccc(Cl)cc4)n3)nc(N3CCCC3)c2C#N)cc1. The van der Waals surface area contributed by atoms with Crippen LogP contribution in [-0.4, -0.2) is 60.2 Å². The van der Waals surface area contributed by atoms with E-state index in [4.69, 9.17) is 36.8 Å². The van der Waals surface area contributed by atoms with E-state index in [9.17, 15) is 20.1 Å². The number of nitriles is 2. The molecule has 11 nitrogen and oxygen atoms in total. The van der Waals surface area contributed by atoms with Crippen LogP contribution in [0.25, 0.3) is 21.7 Å². The van der Waals surface area contributed by atoms with E-state index in [2.05, 4.69) is 22.4 Å². The number of hydrogen-bond acceptors (Lipinski definition) is 12. The van der Waals surface area contributed by atoms with Gasteiger partial charge in [-0.15, -0.1) is 11.3 Å². The van der Waals surface area contributed by atoms with Crippen LogP contribution < -0.4 is 20.7 Å². The van der Waals surface area contributed by atoms with E-state index in [0.717, 1.165) is 42.2 Å². The maximum absolute atomic E-state index is 12.7. The number of pyridine rings is 1. The first-order valence-electron chi connectivity index (χ1n) is 17.0. The second-order valence-electron chi connectivity index (χ2n) is 12.7. The maximum atomic E-state index is 12.7. The quantitative estimate of drug-likeness (QED) is 0.0731. The lowest BCUT2D eigenvalue weighted by molar-refractivity contribution is -0.149. The summed E-state index contributed by atoms with van der Waals surface area (Å²) >= 11 is 9.02. The summed E-state index contributed by atoms with van der Waals surface area (Å²) in [6.45, 7) is 7.07. The summed E-state index contributed by atoms with van der Waals surface area (Å²) in [4.78, 5) is 36.6. The van der Waals surface area contributed by atoms with E-state index in [0.29, 0.717) is 56.0 Å². The van der Waals surface area contributed by atoms with Gasteiger partial charge in [-0.05, 0) is 61.9 Å². The molecule has 270 valence electrons. The molecule has 0 saturated carbocycles. The molecule has 0 spiro atoms. The zero-order valence-corrected chi connectivity index (χ0v) is 31.6. The molecule has 0 bridgehead atoms. The Kier molecular flexibility index (Phi) is 13.5. The Labute approximate surface area is 317 Å². The molecule has 0 radical (unpaired) electrons. The number of carbonyl (C=O) groups excluding carboxylic acids is 2. The number of amides is 1. The summed E-state index contributed by atoms with van der Waals surface area (Å²) < 4.78 is 11.2. The maximum Gasteiger partial charge on any atom is 0.328 e. The van der Waals surface area contributed by atoms with Crippen LogP contribution in [0.5, 0.6) is 5.75 Å². The van der Waals surface area contributed by atoms with Crippen LogP contribution in [-0.2, 0) is 20.1 Å². The summed E-state index contributed by atoms with van der Waals surface area (Å²) in [5.41, 5.74) is 9.37. The van der Waals surface area contributed by atoms with Crippen molar-refractivity contribution in [1.82, 2.24) is 15.3 Å². The number of ether oxygens (including phenoxy) is 2. The average molecular weight is 758 g/mol. The van der Waals surface area contributed by atoms with E-state index in [1.54, 1.807) is 19.1 Å². The summed E-state index contributed by atoms with van der Waals surface area (Å²) in [6, 6.07) is 17.8. The van der Waals surface area contributed by atoms with Crippen molar-refractivity contribution in [2.24, 2.45) is 11.7 Å². The Bertz CT molecular complexity index is 1950. The summed E-state index contributed by atoms with van der Waals surface area (Å²) in [5, 5.41) is 27.6. The number of nitrogens with zero attached hydrogens (tertiary/aromatic N) is 5. The van der Waals surface area contributed by atoms with E-state index in [1.807, 2.05) is 55.6 Å².